The van der Waals surface area contributed by atoms with E-state index in [9.17, 15) is 13.2 Å². The van der Waals surface area contributed by atoms with E-state index in [0.717, 1.165) is 11.1 Å². The minimum Gasteiger partial charge on any atom is -0.481 e. The van der Waals surface area contributed by atoms with E-state index in [1.165, 1.54) is 24.3 Å². The molecule has 0 radical (unpaired) electrons. The van der Waals surface area contributed by atoms with Gasteiger partial charge in [-0.3, -0.25) is 9.52 Å². The summed E-state index contributed by atoms with van der Waals surface area (Å²) < 4.78 is 33.3. The van der Waals surface area contributed by atoms with E-state index in [0.29, 0.717) is 22.1 Å². The zero-order chi connectivity index (χ0) is 22.6. The number of carbonyl (C=O) groups is 1. The lowest BCUT2D eigenvalue weighted by Crippen LogP contribution is -2.30. The summed E-state index contributed by atoms with van der Waals surface area (Å²) in [7, 11) is -3.77. The highest BCUT2D eigenvalue weighted by Gasteiger charge is 2.18. The van der Waals surface area contributed by atoms with Gasteiger partial charge in [0.05, 0.1) is 4.90 Å². The number of anilines is 2. The number of rotatable bonds is 7. The Morgan fingerprint density at radius 2 is 1.55 bits per heavy atom. The molecule has 8 heteroatoms. The van der Waals surface area contributed by atoms with Crippen LogP contribution in [0.5, 0.6) is 5.75 Å². The number of halogens is 1. The van der Waals surface area contributed by atoms with Crippen LogP contribution < -0.4 is 14.8 Å². The van der Waals surface area contributed by atoms with E-state index >= 15 is 0 Å². The monoisotopic (exact) mass is 458 g/mol. The lowest BCUT2D eigenvalue weighted by molar-refractivity contribution is -0.122. The Morgan fingerprint density at radius 3 is 2.16 bits per heavy atom. The quantitative estimate of drug-likeness (QED) is 0.512. The number of carbonyl (C=O) groups excluding carboxylic acids is 1. The SMILES string of the molecule is Cc1ccc(O[C@H](C)C(=O)Nc2ccc(S(=O)(=O)Nc3ccc(Cl)cc3)cc2)c(C)c1. The highest BCUT2D eigenvalue weighted by Crippen LogP contribution is 2.22. The fourth-order valence-electron chi connectivity index (χ4n) is 2.87. The third kappa shape index (κ3) is 5.99. The van der Waals surface area contributed by atoms with Crippen LogP contribution in [0.2, 0.25) is 5.02 Å². The van der Waals surface area contributed by atoms with Gasteiger partial charge in [0.2, 0.25) is 0 Å². The molecule has 0 heterocycles. The predicted molar refractivity (Wildman–Crippen MR) is 123 cm³/mol. The molecule has 0 spiro atoms. The Hall–Kier alpha value is -3.03. The van der Waals surface area contributed by atoms with Crippen LogP contribution >= 0.6 is 11.6 Å². The largest absolute Gasteiger partial charge is 0.481 e. The Bertz CT molecular complexity index is 1180. The molecule has 31 heavy (non-hydrogen) atoms. The van der Waals surface area contributed by atoms with E-state index in [1.54, 1.807) is 31.2 Å². The number of sulfonamides is 1. The Morgan fingerprint density at radius 1 is 0.935 bits per heavy atom. The van der Waals surface area contributed by atoms with Crippen molar-refractivity contribution in [2.24, 2.45) is 0 Å². The van der Waals surface area contributed by atoms with Crippen molar-refractivity contribution >= 4 is 38.9 Å². The van der Waals surface area contributed by atoms with Crippen molar-refractivity contribution < 1.29 is 17.9 Å². The van der Waals surface area contributed by atoms with Gasteiger partial charge >= 0.3 is 0 Å². The van der Waals surface area contributed by atoms with Crippen LogP contribution in [-0.2, 0) is 14.8 Å². The van der Waals surface area contributed by atoms with Gasteiger partial charge in [-0.05, 0) is 80.9 Å². The second-order valence-corrected chi connectivity index (χ2v) is 9.27. The number of aryl methyl sites for hydroxylation is 2. The van der Waals surface area contributed by atoms with E-state index in [2.05, 4.69) is 10.0 Å². The van der Waals surface area contributed by atoms with Crippen molar-refractivity contribution in [3.63, 3.8) is 0 Å². The van der Waals surface area contributed by atoms with Crippen molar-refractivity contribution in [1.29, 1.82) is 0 Å². The van der Waals surface area contributed by atoms with Crippen molar-refractivity contribution in [2.45, 2.75) is 31.8 Å². The maximum atomic E-state index is 12.5. The molecule has 6 nitrogen and oxygen atoms in total. The standard InChI is InChI=1S/C23H23ClN2O4S/c1-15-4-13-22(16(2)14-15)30-17(3)23(27)25-19-9-11-21(12-10-19)31(28,29)26-20-7-5-18(24)6-8-20/h4-14,17,26H,1-3H3,(H,25,27)/t17-/m1/s1. The minimum atomic E-state index is -3.77. The molecule has 162 valence electrons. The summed E-state index contributed by atoms with van der Waals surface area (Å²) in [5.41, 5.74) is 2.93. The summed E-state index contributed by atoms with van der Waals surface area (Å²) in [6.07, 6.45) is -0.726. The van der Waals surface area contributed by atoms with Gasteiger partial charge in [0.25, 0.3) is 15.9 Å². The van der Waals surface area contributed by atoms with E-state index in [4.69, 9.17) is 16.3 Å². The average molecular weight is 459 g/mol. The molecule has 1 atom stereocenters. The van der Waals surface area contributed by atoms with Gasteiger partial charge in [-0.15, -0.1) is 0 Å². The second kappa shape index (κ2) is 9.41. The highest BCUT2D eigenvalue weighted by molar-refractivity contribution is 7.92. The molecule has 2 N–H and O–H groups in total. The first-order valence-electron chi connectivity index (χ1n) is 9.57. The van der Waals surface area contributed by atoms with E-state index < -0.39 is 16.1 Å². The number of amides is 1. The second-order valence-electron chi connectivity index (χ2n) is 7.16. The molecular weight excluding hydrogens is 436 g/mol. The molecule has 0 saturated heterocycles. The predicted octanol–water partition coefficient (Wildman–Crippen LogP) is 5.16. The summed E-state index contributed by atoms with van der Waals surface area (Å²) in [4.78, 5) is 12.5. The van der Waals surface area contributed by atoms with Crippen molar-refractivity contribution in [1.82, 2.24) is 0 Å². The van der Waals surface area contributed by atoms with Crippen LogP contribution in [0.15, 0.2) is 71.6 Å². The van der Waals surface area contributed by atoms with Crippen LogP contribution in [0.3, 0.4) is 0 Å². The molecule has 0 unspecified atom stereocenters. The molecule has 0 aliphatic heterocycles. The van der Waals surface area contributed by atoms with Crippen LogP contribution in [0.25, 0.3) is 0 Å². The Labute approximate surface area is 187 Å². The number of nitrogens with one attached hydrogen (secondary N) is 2. The zero-order valence-corrected chi connectivity index (χ0v) is 18.9. The minimum absolute atomic E-state index is 0.0695. The van der Waals surface area contributed by atoms with Crippen molar-refractivity contribution in [2.75, 3.05) is 10.0 Å². The molecule has 0 aliphatic rings. The molecule has 1 amide bonds. The van der Waals surface area contributed by atoms with Crippen LogP contribution in [-0.4, -0.2) is 20.4 Å². The molecule has 0 aliphatic carbocycles. The van der Waals surface area contributed by atoms with Crippen molar-refractivity contribution in [3.8, 4) is 5.75 Å². The van der Waals surface area contributed by atoms with E-state index in [-0.39, 0.29) is 10.8 Å². The molecule has 3 rings (SSSR count). The van der Waals surface area contributed by atoms with Gasteiger partial charge in [-0.2, -0.15) is 0 Å². The molecule has 0 aromatic heterocycles. The summed E-state index contributed by atoms with van der Waals surface area (Å²) in [6.45, 7) is 5.56. The fraction of sp³-hybridized carbons (Fsp3) is 0.174. The maximum Gasteiger partial charge on any atom is 0.265 e. The van der Waals surface area contributed by atoms with Gasteiger partial charge < -0.3 is 10.1 Å². The first kappa shape index (κ1) is 22.7. The molecule has 3 aromatic rings. The van der Waals surface area contributed by atoms with Crippen LogP contribution in [0, 0.1) is 13.8 Å². The summed E-state index contributed by atoms with van der Waals surface area (Å²) in [5, 5.41) is 3.25. The summed E-state index contributed by atoms with van der Waals surface area (Å²) >= 11 is 5.82. The number of hydrogen-bond acceptors (Lipinski definition) is 4. The van der Waals surface area contributed by atoms with Gasteiger partial charge in [-0.1, -0.05) is 29.3 Å². The third-order valence-electron chi connectivity index (χ3n) is 4.53. The maximum absolute atomic E-state index is 12.5. The van der Waals surface area contributed by atoms with Crippen LogP contribution in [0.4, 0.5) is 11.4 Å². The normalized spacial score (nSPS) is 12.1. The van der Waals surface area contributed by atoms with Gasteiger partial charge in [0.15, 0.2) is 6.10 Å². The fourth-order valence-corrected chi connectivity index (χ4v) is 4.05. The first-order valence-corrected chi connectivity index (χ1v) is 11.4. The lowest BCUT2D eigenvalue weighted by Gasteiger charge is -2.17. The van der Waals surface area contributed by atoms with Gasteiger partial charge in [-0.25, -0.2) is 8.42 Å². The van der Waals surface area contributed by atoms with Crippen molar-refractivity contribution in [3.05, 3.63) is 82.9 Å². The molecular formula is C23H23ClN2O4S. The van der Waals surface area contributed by atoms with Gasteiger partial charge in [0, 0.05) is 16.4 Å². The molecule has 0 bridgehead atoms. The average Bonchev–Trinajstić information content (AvgIpc) is 2.72. The Kier molecular flexibility index (Phi) is 6.87. The lowest BCUT2D eigenvalue weighted by atomic mass is 10.1. The smallest absolute Gasteiger partial charge is 0.265 e. The molecule has 0 saturated carbocycles. The topological polar surface area (TPSA) is 84.5 Å². The summed E-state index contributed by atoms with van der Waals surface area (Å²) in [5.74, 6) is 0.304. The van der Waals surface area contributed by atoms with Gasteiger partial charge in [0.1, 0.15) is 5.75 Å². The number of benzene rings is 3. The first-order chi connectivity index (χ1) is 14.6. The summed E-state index contributed by atoms with van der Waals surface area (Å²) in [6, 6.07) is 18.0. The zero-order valence-electron chi connectivity index (χ0n) is 17.3. The molecule has 0 fully saturated rings. The molecule has 3 aromatic carbocycles. The number of hydrogen-bond donors (Lipinski definition) is 2. The third-order valence-corrected chi connectivity index (χ3v) is 6.18. The highest BCUT2D eigenvalue weighted by atomic mass is 35.5. The van der Waals surface area contributed by atoms with Crippen LogP contribution in [0.1, 0.15) is 18.1 Å². The number of ether oxygens (including phenoxy) is 1. The Balaban J connectivity index is 1.63. The van der Waals surface area contributed by atoms with E-state index in [1.807, 2.05) is 32.0 Å².